The van der Waals surface area contributed by atoms with Gasteiger partial charge in [0.2, 0.25) is 5.91 Å². The molecule has 0 spiro atoms. The predicted octanol–water partition coefficient (Wildman–Crippen LogP) is 1.17. The van der Waals surface area contributed by atoms with Crippen LogP contribution in [0.2, 0.25) is 0 Å². The van der Waals surface area contributed by atoms with Gasteiger partial charge in [-0.05, 0) is 11.6 Å². The van der Waals surface area contributed by atoms with E-state index in [9.17, 15) is 19.5 Å². The van der Waals surface area contributed by atoms with Crippen LogP contribution in [0.15, 0.2) is 47.4 Å². The van der Waals surface area contributed by atoms with Crippen molar-refractivity contribution in [1.82, 2.24) is 4.57 Å². The summed E-state index contributed by atoms with van der Waals surface area (Å²) >= 11 is 0. The topological polar surface area (TPSA) is 109 Å². The van der Waals surface area contributed by atoms with E-state index in [1.807, 2.05) is 30.3 Å². The fraction of sp³-hybridized carbons (Fsp3) is 0.235. The van der Waals surface area contributed by atoms with Crippen molar-refractivity contribution in [2.75, 3.05) is 5.32 Å². The molecular weight excluding hydrogens is 312 g/mol. The number of benzene rings is 1. The summed E-state index contributed by atoms with van der Waals surface area (Å²) in [5.41, 5.74) is 0.348. The first kappa shape index (κ1) is 17.4. The summed E-state index contributed by atoms with van der Waals surface area (Å²) in [7, 11) is 0. The Labute approximate surface area is 138 Å². The number of hydrogen-bond acceptors (Lipinski definition) is 4. The summed E-state index contributed by atoms with van der Waals surface area (Å²) in [5.74, 6) is -1.66. The molecule has 0 aliphatic carbocycles. The number of carbonyl (C=O) groups is 2. The van der Waals surface area contributed by atoms with Crippen LogP contribution in [0.1, 0.15) is 24.2 Å². The minimum Gasteiger partial charge on any atom is -0.480 e. The Morgan fingerprint density at radius 1 is 1.21 bits per heavy atom. The molecule has 126 valence electrons. The Bertz CT molecular complexity index is 798. The lowest BCUT2D eigenvalue weighted by atomic mass is 10.0. The first-order chi connectivity index (χ1) is 11.4. The molecule has 1 atom stereocenters. The highest BCUT2D eigenvalue weighted by Gasteiger charge is 2.19. The number of nitrogens with one attached hydrogen (secondary N) is 1. The van der Waals surface area contributed by atoms with Crippen molar-refractivity contribution in [2.24, 2.45) is 0 Å². The average Bonchev–Trinajstić information content (AvgIpc) is 2.51. The SMILES string of the molecule is CC(=O)Nc1c(C(O)Cc2ccccc2)ccn(CC(=O)O)c1=O. The fourth-order valence-electron chi connectivity index (χ4n) is 2.39. The third-order valence-corrected chi connectivity index (χ3v) is 3.43. The standard InChI is InChI=1S/C17H18N2O5/c1-11(20)18-16-13(7-8-19(17(16)24)10-15(22)23)14(21)9-12-5-3-2-4-6-12/h2-8,14,21H,9-10H2,1H3,(H,18,20)(H,22,23). The predicted molar refractivity (Wildman–Crippen MR) is 87.7 cm³/mol. The summed E-state index contributed by atoms with van der Waals surface area (Å²) in [5, 5.41) is 21.7. The number of aliphatic carboxylic acids is 1. The van der Waals surface area contributed by atoms with Crippen LogP contribution in [-0.2, 0) is 22.6 Å². The molecule has 2 aromatic rings. The highest BCUT2D eigenvalue weighted by molar-refractivity contribution is 5.89. The number of carboxylic acids is 1. The summed E-state index contributed by atoms with van der Waals surface area (Å²) in [6.45, 7) is 0.710. The van der Waals surface area contributed by atoms with E-state index in [4.69, 9.17) is 5.11 Å². The van der Waals surface area contributed by atoms with E-state index in [1.165, 1.54) is 19.2 Å². The van der Waals surface area contributed by atoms with Crippen LogP contribution in [0.4, 0.5) is 5.69 Å². The molecule has 7 nitrogen and oxygen atoms in total. The molecule has 0 fully saturated rings. The number of carboxylic acid groups (broad SMARTS) is 1. The molecule has 24 heavy (non-hydrogen) atoms. The normalized spacial score (nSPS) is 11.8. The van der Waals surface area contributed by atoms with Crippen molar-refractivity contribution < 1.29 is 19.8 Å². The molecule has 0 saturated carbocycles. The van der Waals surface area contributed by atoms with Gasteiger partial charge < -0.3 is 20.1 Å². The zero-order valence-corrected chi connectivity index (χ0v) is 13.1. The third kappa shape index (κ3) is 4.30. The molecule has 0 saturated heterocycles. The van der Waals surface area contributed by atoms with Crippen molar-refractivity contribution >= 4 is 17.6 Å². The summed E-state index contributed by atoms with van der Waals surface area (Å²) in [6.07, 6.45) is 0.544. The third-order valence-electron chi connectivity index (χ3n) is 3.43. The zero-order chi connectivity index (χ0) is 17.7. The van der Waals surface area contributed by atoms with Crippen LogP contribution < -0.4 is 10.9 Å². The number of aromatic nitrogens is 1. The Hall–Kier alpha value is -2.93. The zero-order valence-electron chi connectivity index (χ0n) is 13.1. The number of pyridine rings is 1. The molecule has 3 N–H and O–H groups in total. The molecule has 0 aliphatic rings. The molecular formula is C17H18N2O5. The minimum absolute atomic E-state index is 0.102. The van der Waals surface area contributed by atoms with Crippen LogP contribution >= 0.6 is 0 Å². The van der Waals surface area contributed by atoms with Gasteiger partial charge in [-0.2, -0.15) is 0 Å². The number of anilines is 1. The second-order valence-electron chi connectivity index (χ2n) is 5.36. The van der Waals surface area contributed by atoms with E-state index in [0.717, 1.165) is 10.1 Å². The van der Waals surface area contributed by atoms with Crippen molar-refractivity contribution in [3.8, 4) is 0 Å². The van der Waals surface area contributed by atoms with Gasteiger partial charge in [0, 0.05) is 25.1 Å². The van der Waals surface area contributed by atoms with E-state index in [2.05, 4.69) is 5.32 Å². The number of aliphatic hydroxyl groups is 1. The summed E-state index contributed by atoms with van der Waals surface area (Å²) in [4.78, 5) is 34.6. The van der Waals surface area contributed by atoms with E-state index >= 15 is 0 Å². The Balaban J connectivity index is 2.40. The van der Waals surface area contributed by atoms with Crippen LogP contribution in [0.3, 0.4) is 0 Å². The number of aliphatic hydroxyl groups excluding tert-OH is 1. The lowest BCUT2D eigenvalue weighted by Crippen LogP contribution is -2.29. The molecule has 1 aromatic heterocycles. The monoisotopic (exact) mass is 330 g/mol. The van der Waals surface area contributed by atoms with Gasteiger partial charge in [-0.15, -0.1) is 0 Å². The van der Waals surface area contributed by atoms with E-state index < -0.39 is 30.1 Å². The van der Waals surface area contributed by atoms with Crippen LogP contribution in [0.5, 0.6) is 0 Å². The molecule has 1 unspecified atom stereocenters. The van der Waals surface area contributed by atoms with E-state index in [0.29, 0.717) is 0 Å². The Morgan fingerprint density at radius 3 is 2.46 bits per heavy atom. The Kier molecular flexibility index (Phi) is 5.49. The van der Waals surface area contributed by atoms with E-state index in [1.54, 1.807) is 0 Å². The van der Waals surface area contributed by atoms with Crippen molar-refractivity contribution in [1.29, 1.82) is 0 Å². The maximum absolute atomic E-state index is 12.4. The van der Waals surface area contributed by atoms with Gasteiger partial charge in [-0.3, -0.25) is 14.4 Å². The lowest BCUT2D eigenvalue weighted by molar-refractivity contribution is -0.137. The second kappa shape index (κ2) is 7.56. The average molecular weight is 330 g/mol. The maximum atomic E-state index is 12.4. The lowest BCUT2D eigenvalue weighted by Gasteiger charge is -2.17. The van der Waals surface area contributed by atoms with Crippen LogP contribution in [0, 0.1) is 0 Å². The maximum Gasteiger partial charge on any atom is 0.323 e. The molecule has 7 heteroatoms. The molecule has 0 aliphatic heterocycles. The van der Waals surface area contributed by atoms with Gasteiger partial charge in [0.05, 0.1) is 6.10 Å². The van der Waals surface area contributed by atoms with Crippen LogP contribution in [0.25, 0.3) is 0 Å². The number of nitrogens with zero attached hydrogens (tertiary/aromatic N) is 1. The van der Waals surface area contributed by atoms with Gasteiger partial charge in [0.15, 0.2) is 0 Å². The minimum atomic E-state index is -1.18. The van der Waals surface area contributed by atoms with Crippen molar-refractivity contribution in [2.45, 2.75) is 26.0 Å². The first-order valence-corrected chi connectivity index (χ1v) is 7.33. The summed E-state index contributed by atoms with van der Waals surface area (Å²) < 4.78 is 0.965. The first-order valence-electron chi connectivity index (χ1n) is 7.33. The summed E-state index contributed by atoms with van der Waals surface area (Å²) in [6, 6.07) is 10.7. The highest BCUT2D eigenvalue weighted by atomic mass is 16.4. The smallest absolute Gasteiger partial charge is 0.323 e. The molecule has 1 amide bonds. The molecule has 0 bridgehead atoms. The van der Waals surface area contributed by atoms with Gasteiger partial charge >= 0.3 is 5.97 Å². The number of carbonyl (C=O) groups excluding carboxylic acids is 1. The molecule has 1 heterocycles. The molecule has 0 radical (unpaired) electrons. The fourth-order valence-corrected chi connectivity index (χ4v) is 2.39. The second-order valence-corrected chi connectivity index (χ2v) is 5.36. The number of hydrogen-bond donors (Lipinski definition) is 3. The van der Waals surface area contributed by atoms with Crippen molar-refractivity contribution in [3.05, 3.63) is 64.1 Å². The largest absolute Gasteiger partial charge is 0.480 e. The van der Waals surface area contributed by atoms with Gasteiger partial charge in [0.25, 0.3) is 5.56 Å². The highest BCUT2D eigenvalue weighted by Crippen LogP contribution is 2.23. The Morgan fingerprint density at radius 2 is 1.88 bits per heavy atom. The number of rotatable bonds is 6. The van der Waals surface area contributed by atoms with Crippen LogP contribution in [-0.4, -0.2) is 26.7 Å². The molecule has 1 aromatic carbocycles. The molecule has 2 rings (SSSR count). The van der Waals surface area contributed by atoms with Crippen molar-refractivity contribution in [3.63, 3.8) is 0 Å². The van der Waals surface area contributed by atoms with Gasteiger partial charge in [0.1, 0.15) is 12.2 Å². The quantitative estimate of drug-likeness (QED) is 0.737. The van der Waals surface area contributed by atoms with Gasteiger partial charge in [-0.25, -0.2) is 0 Å². The van der Waals surface area contributed by atoms with Gasteiger partial charge in [-0.1, -0.05) is 30.3 Å². The number of amides is 1. The van der Waals surface area contributed by atoms with E-state index in [-0.39, 0.29) is 17.7 Å².